The topological polar surface area (TPSA) is 6.48 Å². The van der Waals surface area contributed by atoms with Crippen LogP contribution in [-0.2, 0) is 0 Å². The number of fused-ring (bicyclic) bond motifs is 3. The minimum absolute atomic E-state index is 0.515. The number of rotatable bonds is 4. The lowest BCUT2D eigenvalue weighted by molar-refractivity contribution is 0.0620. The monoisotopic (exact) mass is 320 g/mol. The van der Waals surface area contributed by atoms with Gasteiger partial charge in [-0.15, -0.1) is 0 Å². The average Bonchev–Trinajstić information content (AvgIpc) is 2.66. The lowest BCUT2D eigenvalue weighted by Crippen LogP contribution is -2.51. The molecule has 0 radical (unpaired) electrons. The Balaban J connectivity index is 1.64. The SMILES string of the molecule is CCCCN1CCN2C[C@@H](c3ccccc3)c3ccccc3[C@H]2C1. The van der Waals surface area contributed by atoms with E-state index in [-0.39, 0.29) is 0 Å². The Kier molecular flexibility index (Phi) is 4.68. The summed E-state index contributed by atoms with van der Waals surface area (Å²) in [5.74, 6) is 0.515. The first kappa shape index (κ1) is 15.9. The third-order valence-electron chi connectivity index (χ3n) is 5.75. The molecule has 0 aromatic heterocycles. The average molecular weight is 320 g/mol. The molecule has 2 aliphatic heterocycles. The van der Waals surface area contributed by atoms with Crippen LogP contribution in [0.25, 0.3) is 0 Å². The molecule has 0 spiro atoms. The van der Waals surface area contributed by atoms with Gasteiger partial charge >= 0.3 is 0 Å². The van der Waals surface area contributed by atoms with Crippen LogP contribution in [0.4, 0.5) is 0 Å². The van der Waals surface area contributed by atoms with Crippen LogP contribution in [0.3, 0.4) is 0 Å². The van der Waals surface area contributed by atoms with Gasteiger partial charge in [0.05, 0.1) is 0 Å². The Morgan fingerprint density at radius 3 is 2.42 bits per heavy atom. The standard InChI is InChI=1S/C22H28N2/c1-2-3-13-23-14-15-24-16-21(18-9-5-4-6-10-18)19-11-7-8-12-20(19)22(24)17-23/h4-12,21-22H,2-3,13-17H2,1H3/t21-,22+/m0/s1. The summed E-state index contributed by atoms with van der Waals surface area (Å²) in [4.78, 5) is 5.40. The zero-order valence-corrected chi connectivity index (χ0v) is 14.7. The minimum atomic E-state index is 0.515. The molecule has 2 aromatic rings. The number of piperazine rings is 1. The van der Waals surface area contributed by atoms with E-state index in [4.69, 9.17) is 0 Å². The van der Waals surface area contributed by atoms with E-state index in [0.717, 1.165) is 6.54 Å². The largest absolute Gasteiger partial charge is 0.300 e. The fourth-order valence-electron chi connectivity index (χ4n) is 4.41. The van der Waals surface area contributed by atoms with Gasteiger partial charge in [0.25, 0.3) is 0 Å². The molecule has 0 amide bonds. The van der Waals surface area contributed by atoms with Crippen molar-refractivity contribution in [3.05, 3.63) is 71.3 Å². The molecule has 2 atom stereocenters. The number of hydrogen-bond acceptors (Lipinski definition) is 2. The molecule has 2 nitrogen and oxygen atoms in total. The van der Waals surface area contributed by atoms with E-state index in [1.165, 1.54) is 44.6 Å². The lowest BCUT2D eigenvalue weighted by atomic mass is 9.80. The number of benzene rings is 2. The highest BCUT2D eigenvalue weighted by molar-refractivity contribution is 5.42. The van der Waals surface area contributed by atoms with Gasteiger partial charge in [-0.2, -0.15) is 0 Å². The van der Waals surface area contributed by atoms with E-state index >= 15 is 0 Å². The second-order valence-electron chi connectivity index (χ2n) is 7.26. The number of hydrogen-bond donors (Lipinski definition) is 0. The number of unbranched alkanes of at least 4 members (excludes halogenated alkanes) is 1. The molecule has 1 fully saturated rings. The maximum absolute atomic E-state index is 2.72. The summed E-state index contributed by atoms with van der Waals surface area (Å²) in [5, 5.41) is 0. The molecule has 0 saturated carbocycles. The summed E-state index contributed by atoms with van der Waals surface area (Å²) >= 11 is 0. The Bertz CT molecular complexity index is 667. The Morgan fingerprint density at radius 2 is 1.62 bits per heavy atom. The van der Waals surface area contributed by atoms with Crippen molar-refractivity contribution < 1.29 is 0 Å². The van der Waals surface area contributed by atoms with E-state index in [2.05, 4.69) is 71.3 Å². The molecule has 2 aliphatic rings. The Hall–Kier alpha value is -1.64. The molecule has 0 bridgehead atoms. The fraction of sp³-hybridized carbons (Fsp3) is 0.455. The van der Waals surface area contributed by atoms with Gasteiger partial charge in [-0.25, -0.2) is 0 Å². The van der Waals surface area contributed by atoms with Crippen LogP contribution < -0.4 is 0 Å². The van der Waals surface area contributed by atoms with Crippen LogP contribution >= 0.6 is 0 Å². The van der Waals surface area contributed by atoms with Crippen LogP contribution in [0, 0.1) is 0 Å². The van der Waals surface area contributed by atoms with Gasteiger partial charge in [0.1, 0.15) is 0 Å². The highest BCUT2D eigenvalue weighted by atomic mass is 15.3. The van der Waals surface area contributed by atoms with E-state index in [1.54, 1.807) is 11.1 Å². The molecule has 2 heterocycles. The molecule has 0 aliphatic carbocycles. The molecule has 1 saturated heterocycles. The van der Waals surface area contributed by atoms with Gasteiger partial charge in [-0.1, -0.05) is 67.9 Å². The summed E-state index contributed by atoms with van der Waals surface area (Å²) < 4.78 is 0. The van der Waals surface area contributed by atoms with Crippen molar-refractivity contribution in [3.63, 3.8) is 0 Å². The van der Waals surface area contributed by atoms with Crippen molar-refractivity contribution in [2.75, 3.05) is 32.7 Å². The maximum atomic E-state index is 2.72. The van der Waals surface area contributed by atoms with E-state index < -0.39 is 0 Å². The molecule has 24 heavy (non-hydrogen) atoms. The van der Waals surface area contributed by atoms with Gasteiger partial charge in [0, 0.05) is 38.1 Å². The van der Waals surface area contributed by atoms with Crippen molar-refractivity contribution in [1.82, 2.24) is 9.80 Å². The first-order valence-electron chi connectivity index (χ1n) is 9.47. The molecule has 0 N–H and O–H groups in total. The number of nitrogens with zero attached hydrogens (tertiary/aromatic N) is 2. The molecule has 126 valence electrons. The van der Waals surface area contributed by atoms with Crippen molar-refractivity contribution in [3.8, 4) is 0 Å². The normalized spacial score (nSPS) is 24.4. The lowest BCUT2D eigenvalue weighted by Gasteiger charge is -2.47. The zero-order valence-electron chi connectivity index (χ0n) is 14.7. The maximum Gasteiger partial charge on any atom is 0.0479 e. The summed E-state index contributed by atoms with van der Waals surface area (Å²) in [6, 6.07) is 20.8. The molecule has 0 unspecified atom stereocenters. The van der Waals surface area contributed by atoms with E-state index in [1.807, 2.05) is 0 Å². The summed E-state index contributed by atoms with van der Waals surface area (Å²) in [7, 11) is 0. The van der Waals surface area contributed by atoms with Gasteiger partial charge in [0.15, 0.2) is 0 Å². The van der Waals surface area contributed by atoms with Gasteiger partial charge in [-0.3, -0.25) is 4.90 Å². The first-order valence-corrected chi connectivity index (χ1v) is 9.47. The Morgan fingerprint density at radius 1 is 0.875 bits per heavy atom. The predicted octanol–water partition coefficient (Wildman–Crippen LogP) is 4.29. The summed E-state index contributed by atoms with van der Waals surface area (Å²) in [5.41, 5.74) is 4.55. The second-order valence-corrected chi connectivity index (χ2v) is 7.26. The van der Waals surface area contributed by atoms with Crippen molar-refractivity contribution in [2.24, 2.45) is 0 Å². The van der Waals surface area contributed by atoms with Crippen molar-refractivity contribution in [1.29, 1.82) is 0 Å². The van der Waals surface area contributed by atoms with Crippen LogP contribution in [0.1, 0.15) is 48.4 Å². The van der Waals surface area contributed by atoms with Gasteiger partial charge in [-0.05, 0) is 29.7 Å². The molecule has 2 aromatic carbocycles. The molecule has 2 heteroatoms. The summed E-state index contributed by atoms with van der Waals surface area (Å²) in [6.07, 6.45) is 2.61. The summed E-state index contributed by atoms with van der Waals surface area (Å²) in [6.45, 7) is 8.32. The predicted molar refractivity (Wildman–Crippen MR) is 100 cm³/mol. The highest BCUT2D eigenvalue weighted by Gasteiger charge is 2.36. The highest BCUT2D eigenvalue weighted by Crippen LogP contribution is 2.40. The van der Waals surface area contributed by atoms with Crippen LogP contribution in [0.2, 0.25) is 0 Å². The third-order valence-corrected chi connectivity index (χ3v) is 5.75. The fourth-order valence-corrected chi connectivity index (χ4v) is 4.41. The minimum Gasteiger partial charge on any atom is -0.300 e. The van der Waals surface area contributed by atoms with Crippen LogP contribution in [0.5, 0.6) is 0 Å². The van der Waals surface area contributed by atoms with Crippen LogP contribution in [0.15, 0.2) is 54.6 Å². The van der Waals surface area contributed by atoms with Crippen molar-refractivity contribution >= 4 is 0 Å². The smallest absolute Gasteiger partial charge is 0.0479 e. The molecule has 4 rings (SSSR count). The van der Waals surface area contributed by atoms with E-state index in [9.17, 15) is 0 Å². The second kappa shape index (κ2) is 7.08. The quantitative estimate of drug-likeness (QED) is 0.829. The Labute approximate surface area is 146 Å². The first-order chi connectivity index (χ1) is 11.9. The third kappa shape index (κ3) is 3.01. The van der Waals surface area contributed by atoms with Crippen molar-refractivity contribution in [2.45, 2.75) is 31.7 Å². The van der Waals surface area contributed by atoms with Gasteiger partial charge in [0.2, 0.25) is 0 Å². The molecular formula is C22H28N2. The van der Waals surface area contributed by atoms with Crippen LogP contribution in [-0.4, -0.2) is 42.5 Å². The zero-order chi connectivity index (χ0) is 16.4. The van der Waals surface area contributed by atoms with E-state index in [0.29, 0.717) is 12.0 Å². The van der Waals surface area contributed by atoms with Gasteiger partial charge < -0.3 is 4.90 Å². The molecular weight excluding hydrogens is 292 g/mol.